The largest absolute Gasteiger partial charge is 0.349 e. The molecule has 0 spiro atoms. The quantitative estimate of drug-likeness (QED) is 0.388. The van der Waals surface area contributed by atoms with Gasteiger partial charge in [-0.05, 0) is 94.2 Å². The first-order valence-corrected chi connectivity index (χ1v) is 13.3. The van der Waals surface area contributed by atoms with E-state index >= 15 is 0 Å². The molecule has 0 atom stereocenters. The van der Waals surface area contributed by atoms with E-state index in [0.29, 0.717) is 3.57 Å². The minimum Gasteiger partial charge on any atom is -0.349 e. The second-order valence-corrected chi connectivity index (χ2v) is 13.6. The maximum atomic E-state index is 14.4. The third-order valence-electron chi connectivity index (χ3n) is 3.53. The van der Waals surface area contributed by atoms with E-state index in [1.54, 1.807) is 6.07 Å². The van der Waals surface area contributed by atoms with Crippen LogP contribution >= 0.6 is 52.4 Å². The van der Waals surface area contributed by atoms with Crippen LogP contribution in [0.2, 0.25) is 0 Å². The number of allylic oxidation sites excluding steroid dienone is 1. The molecule has 4 nitrogen and oxygen atoms in total. The molecule has 1 heterocycles. The molecule has 28 heavy (non-hydrogen) atoms. The Morgan fingerprint density at radius 2 is 1.68 bits per heavy atom. The number of rotatable bonds is 5. The highest BCUT2D eigenvalue weighted by atomic mass is 127. The van der Waals surface area contributed by atoms with Crippen molar-refractivity contribution in [1.29, 1.82) is 0 Å². The summed E-state index contributed by atoms with van der Waals surface area (Å²) in [6, 6.07) is 5.82. The van der Waals surface area contributed by atoms with Gasteiger partial charge in [0.25, 0.3) is 10.0 Å². The van der Waals surface area contributed by atoms with Crippen molar-refractivity contribution in [2.24, 2.45) is 0 Å². The van der Waals surface area contributed by atoms with E-state index in [-0.39, 0.29) is 16.3 Å². The maximum absolute atomic E-state index is 14.4. The predicted octanol–water partition coefficient (Wildman–Crippen LogP) is 6.67. The van der Waals surface area contributed by atoms with Crippen LogP contribution in [0.25, 0.3) is 0 Å². The molecule has 2 aromatic rings. The predicted molar refractivity (Wildman–Crippen MR) is 118 cm³/mol. The van der Waals surface area contributed by atoms with Gasteiger partial charge in [-0.2, -0.15) is 0 Å². The van der Waals surface area contributed by atoms with Crippen LogP contribution in [0.1, 0.15) is 0 Å². The van der Waals surface area contributed by atoms with Gasteiger partial charge >= 0.3 is 0 Å². The SMILES string of the molecule is O=S(=O)(Nc1ccc(F)c(F)c1Nc1ccc(I)cc1F)C1=CS(Cl)(Cl)C=C1. The zero-order valence-electron chi connectivity index (χ0n) is 13.5. The smallest absolute Gasteiger partial charge is 0.262 e. The fraction of sp³-hybridized carbons (Fsp3) is 0. The molecule has 2 aromatic carbocycles. The van der Waals surface area contributed by atoms with E-state index in [1.807, 2.05) is 22.6 Å². The van der Waals surface area contributed by atoms with E-state index in [9.17, 15) is 21.6 Å². The van der Waals surface area contributed by atoms with Crippen molar-refractivity contribution < 1.29 is 21.6 Å². The second-order valence-electron chi connectivity index (χ2n) is 5.51. The minimum absolute atomic E-state index is 0.157. The molecule has 0 aliphatic carbocycles. The van der Waals surface area contributed by atoms with Gasteiger partial charge in [0.05, 0.1) is 16.3 Å². The second kappa shape index (κ2) is 7.98. The van der Waals surface area contributed by atoms with Gasteiger partial charge in [0.15, 0.2) is 11.6 Å². The number of hydrogen-bond acceptors (Lipinski definition) is 3. The number of sulfonamides is 1. The number of hydrogen-bond donors (Lipinski definition) is 2. The Kier molecular flexibility index (Phi) is 6.16. The summed E-state index contributed by atoms with van der Waals surface area (Å²) in [5, 5.41) is 4.89. The Labute approximate surface area is 183 Å². The Hall–Kier alpha value is -1.08. The molecule has 2 N–H and O–H groups in total. The minimum atomic E-state index is -4.19. The van der Waals surface area contributed by atoms with Crippen LogP contribution in [0.5, 0.6) is 0 Å². The van der Waals surface area contributed by atoms with E-state index in [1.165, 1.54) is 23.6 Å². The third kappa shape index (κ3) is 4.73. The third-order valence-corrected chi connectivity index (χ3v) is 7.93. The van der Waals surface area contributed by atoms with Crippen molar-refractivity contribution >= 4 is 79.5 Å². The first-order chi connectivity index (χ1) is 13.0. The van der Waals surface area contributed by atoms with E-state index in [4.69, 9.17) is 21.4 Å². The molecule has 0 unspecified atom stereocenters. The summed E-state index contributed by atoms with van der Waals surface area (Å²) >= 11 is 1.89. The zero-order chi connectivity index (χ0) is 20.7. The molecule has 0 saturated heterocycles. The maximum Gasteiger partial charge on any atom is 0.262 e. The lowest BCUT2D eigenvalue weighted by Crippen LogP contribution is -2.15. The van der Waals surface area contributed by atoms with Crippen LogP contribution in [-0.4, -0.2) is 8.42 Å². The van der Waals surface area contributed by atoms with Gasteiger partial charge in [0, 0.05) is 8.98 Å². The normalized spacial score (nSPS) is 16.6. The highest BCUT2D eigenvalue weighted by Gasteiger charge is 2.27. The lowest BCUT2D eigenvalue weighted by atomic mass is 10.2. The van der Waals surface area contributed by atoms with Gasteiger partial charge in [-0.3, -0.25) is 4.72 Å². The van der Waals surface area contributed by atoms with E-state index in [0.717, 1.165) is 17.5 Å². The van der Waals surface area contributed by atoms with Crippen molar-refractivity contribution in [3.8, 4) is 0 Å². The van der Waals surface area contributed by atoms with Gasteiger partial charge < -0.3 is 5.32 Å². The summed E-state index contributed by atoms with van der Waals surface area (Å²) in [5.41, 5.74) is -1.04. The van der Waals surface area contributed by atoms with E-state index < -0.39 is 41.6 Å². The van der Waals surface area contributed by atoms with Crippen LogP contribution in [0.3, 0.4) is 0 Å². The van der Waals surface area contributed by atoms with Gasteiger partial charge in [0.1, 0.15) is 11.5 Å². The molecular formula is C16H10Cl2F3IN2O2S2. The van der Waals surface area contributed by atoms with Crippen molar-refractivity contribution in [3.05, 3.63) is 73.2 Å². The molecule has 0 fully saturated rings. The topological polar surface area (TPSA) is 58.2 Å². The van der Waals surface area contributed by atoms with Crippen LogP contribution in [-0.2, 0) is 10.0 Å². The molecule has 3 rings (SSSR count). The average Bonchev–Trinajstić information content (AvgIpc) is 2.97. The fourth-order valence-corrected chi connectivity index (χ4v) is 6.55. The molecule has 0 saturated carbocycles. The average molecular weight is 581 g/mol. The number of halogens is 6. The number of benzene rings is 2. The van der Waals surface area contributed by atoms with Crippen molar-refractivity contribution in [1.82, 2.24) is 0 Å². The molecule has 0 bridgehead atoms. The van der Waals surface area contributed by atoms with Crippen LogP contribution in [0, 0.1) is 21.0 Å². The number of anilines is 3. The first kappa shape index (κ1) is 21.6. The highest BCUT2D eigenvalue weighted by molar-refractivity contribution is 14.1. The Balaban J connectivity index is 2.01. The van der Waals surface area contributed by atoms with Gasteiger partial charge in [-0.1, -0.05) is 0 Å². The Morgan fingerprint density at radius 3 is 2.29 bits per heavy atom. The van der Waals surface area contributed by atoms with Crippen molar-refractivity contribution in [2.75, 3.05) is 10.0 Å². The van der Waals surface area contributed by atoms with Crippen LogP contribution in [0.4, 0.5) is 30.2 Å². The van der Waals surface area contributed by atoms with Crippen LogP contribution < -0.4 is 10.0 Å². The van der Waals surface area contributed by atoms with Crippen LogP contribution in [0.15, 0.2) is 52.1 Å². The standard InChI is InChI=1S/C16H10Cl2F3IN2O2S2/c17-27(18)6-5-10(8-27)28(25,26)24-14-4-2-11(19)15(21)16(14)23-13-3-1-9(22)7-12(13)20/h1-8,23-24H. The summed E-state index contributed by atoms with van der Waals surface area (Å²) in [6.07, 6.45) is 1.21. The first-order valence-electron chi connectivity index (χ1n) is 7.34. The number of nitrogens with one attached hydrogen (secondary N) is 2. The lowest BCUT2D eigenvalue weighted by molar-refractivity contribution is 0.512. The molecule has 12 heteroatoms. The fourth-order valence-electron chi connectivity index (χ4n) is 2.23. The molecular weight excluding hydrogens is 571 g/mol. The molecule has 150 valence electrons. The monoisotopic (exact) mass is 580 g/mol. The molecule has 1 aliphatic heterocycles. The summed E-state index contributed by atoms with van der Waals surface area (Å²) in [6.45, 7) is 0. The molecule has 0 amide bonds. The van der Waals surface area contributed by atoms with Crippen molar-refractivity contribution in [2.45, 2.75) is 0 Å². The van der Waals surface area contributed by atoms with E-state index in [2.05, 4.69) is 10.0 Å². The molecule has 0 aromatic heterocycles. The Bertz CT molecular complexity index is 1130. The van der Waals surface area contributed by atoms with Gasteiger partial charge in [-0.15, -0.1) is 0 Å². The lowest BCUT2D eigenvalue weighted by Gasteiger charge is -2.16. The van der Waals surface area contributed by atoms with Gasteiger partial charge in [-0.25, -0.2) is 21.6 Å². The zero-order valence-corrected chi connectivity index (χ0v) is 18.8. The summed E-state index contributed by atoms with van der Waals surface area (Å²) in [4.78, 5) is -0.219. The van der Waals surface area contributed by atoms with Crippen molar-refractivity contribution in [3.63, 3.8) is 0 Å². The summed E-state index contributed by atoms with van der Waals surface area (Å²) < 4.78 is 70.0. The molecule has 1 aliphatic rings. The highest BCUT2D eigenvalue weighted by Crippen LogP contribution is 2.65. The Morgan fingerprint density at radius 1 is 1.00 bits per heavy atom. The summed E-state index contributed by atoms with van der Waals surface area (Å²) in [7, 11) is 5.27. The summed E-state index contributed by atoms with van der Waals surface area (Å²) in [5.74, 6) is -3.33. The molecule has 0 radical (unpaired) electrons. The van der Waals surface area contributed by atoms with Gasteiger partial charge in [0.2, 0.25) is 0 Å².